The Bertz CT molecular complexity index is 782. The van der Waals surface area contributed by atoms with Gasteiger partial charge in [0.25, 0.3) is 11.5 Å². The number of carbonyl (C=O) groups is 1. The molecule has 1 saturated carbocycles. The number of fused-ring (bicyclic) bond motifs is 1. The molecule has 0 aromatic carbocycles. The molecule has 24 heavy (non-hydrogen) atoms. The van der Waals surface area contributed by atoms with Gasteiger partial charge in [-0.1, -0.05) is 0 Å². The molecule has 0 unspecified atom stereocenters. The Morgan fingerprint density at radius 1 is 1.46 bits per heavy atom. The predicted molar refractivity (Wildman–Crippen MR) is 98.7 cm³/mol. The Balaban J connectivity index is 0.00000144. The van der Waals surface area contributed by atoms with Crippen molar-refractivity contribution >= 4 is 41.8 Å². The molecule has 1 fully saturated rings. The highest BCUT2D eigenvalue weighted by atomic mass is 35.5. The van der Waals surface area contributed by atoms with Gasteiger partial charge in [0.1, 0.15) is 0 Å². The highest BCUT2D eigenvalue weighted by molar-refractivity contribution is 6.05. The second-order valence-electron chi connectivity index (χ2n) is 5.90. The van der Waals surface area contributed by atoms with E-state index in [1.54, 1.807) is 29.7 Å². The van der Waals surface area contributed by atoms with Crippen molar-refractivity contribution in [3.63, 3.8) is 0 Å². The number of H-pyrrole nitrogens is 1. The molecule has 0 aliphatic heterocycles. The van der Waals surface area contributed by atoms with Crippen LogP contribution < -0.4 is 10.9 Å². The molecule has 2 aromatic rings. The Labute approximate surface area is 152 Å². The molecule has 0 radical (unpaired) electrons. The van der Waals surface area contributed by atoms with Crippen LogP contribution in [0.3, 0.4) is 0 Å². The quantitative estimate of drug-likeness (QED) is 0.824. The zero-order chi connectivity index (χ0) is 15.9. The maximum Gasteiger partial charge on any atom is 0.274 e. The third-order valence-corrected chi connectivity index (χ3v) is 4.10. The number of pyridine rings is 1. The van der Waals surface area contributed by atoms with Crippen LogP contribution in [0.25, 0.3) is 11.0 Å². The van der Waals surface area contributed by atoms with Crippen LogP contribution in [0.5, 0.6) is 0 Å². The van der Waals surface area contributed by atoms with Gasteiger partial charge < -0.3 is 10.2 Å². The number of hydrogen-bond acceptors (Lipinski definition) is 4. The number of carbonyl (C=O) groups excluding carboxylic acids is 1. The molecule has 2 N–H and O–H groups in total. The topological polar surface area (TPSA) is 83.0 Å². The summed E-state index contributed by atoms with van der Waals surface area (Å²) in [6.07, 6.45) is 2.19. The molecule has 0 atom stereocenters. The predicted octanol–water partition coefficient (Wildman–Crippen LogP) is 1.27. The van der Waals surface area contributed by atoms with Crippen LogP contribution in [-0.2, 0) is 7.05 Å². The molecule has 2 heterocycles. The van der Waals surface area contributed by atoms with Gasteiger partial charge in [-0.25, -0.2) is 4.98 Å². The summed E-state index contributed by atoms with van der Waals surface area (Å²) in [6.45, 7) is 1.29. The Hall–Kier alpha value is -1.57. The Morgan fingerprint density at radius 2 is 2.12 bits per heavy atom. The molecule has 2 aromatic heterocycles. The molecule has 0 saturated heterocycles. The number of nitrogens with one attached hydrogen (secondary N) is 2. The molecule has 134 valence electrons. The fourth-order valence-corrected chi connectivity index (χ4v) is 2.62. The van der Waals surface area contributed by atoms with Crippen molar-refractivity contribution in [1.29, 1.82) is 0 Å². The summed E-state index contributed by atoms with van der Waals surface area (Å²) >= 11 is 0. The summed E-state index contributed by atoms with van der Waals surface area (Å²) in [6, 6.07) is 1.80. The first-order valence-corrected chi connectivity index (χ1v) is 7.52. The minimum atomic E-state index is -0.266. The first kappa shape index (κ1) is 20.5. The minimum absolute atomic E-state index is 0. The number of likely N-dealkylation sites (N-methyl/N-ethyl adjacent to an activating group) is 2. The van der Waals surface area contributed by atoms with Crippen molar-refractivity contribution in [3.05, 3.63) is 27.7 Å². The maximum atomic E-state index is 12.7. The van der Waals surface area contributed by atoms with Crippen molar-refractivity contribution in [2.75, 3.05) is 27.2 Å². The van der Waals surface area contributed by atoms with Crippen LogP contribution in [0.1, 0.15) is 34.8 Å². The lowest BCUT2D eigenvalue weighted by molar-refractivity contribution is 0.0798. The maximum absolute atomic E-state index is 12.7. The van der Waals surface area contributed by atoms with Crippen molar-refractivity contribution in [3.8, 4) is 0 Å². The van der Waals surface area contributed by atoms with Crippen LogP contribution in [-0.4, -0.2) is 52.8 Å². The van der Waals surface area contributed by atoms with E-state index in [1.807, 2.05) is 7.05 Å². The van der Waals surface area contributed by atoms with E-state index in [2.05, 4.69) is 15.4 Å². The van der Waals surface area contributed by atoms with Gasteiger partial charge in [0, 0.05) is 38.8 Å². The molecule has 1 aliphatic rings. The number of amides is 1. The normalized spacial score (nSPS) is 13.3. The smallest absolute Gasteiger partial charge is 0.274 e. The summed E-state index contributed by atoms with van der Waals surface area (Å²) in [5, 5.41) is 6.10. The van der Waals surface area contributed by atoms with Crippen molar-refractivity contribution in [2.24, 2.45) is 7.05 Å². The van der Waals surface area contributed by atoms with Gasteiger partial charge in [-0.05, 0) is 26.0 Å². The average Bonchev–Trinajstić information content (AvgIpc) is 3.31. The van der Waals surface area contributed by atoms with E-state index in [0.717, 1.165) is 18.5 Å². The molecule has 9 heteroatoms. The third kappa shape index (κ3) is 3.74. The van der Waals surface area contributed by atoms with Crippen LogP contribution in [0, 0.1) is 0 Å². The van der Waals surface area contributed by atoms with Gasteiger partial charge in [-0.2, -0.15) is 0 Å². The fraction of sp³-hybridized carbons (Fsp3) is 0.533. The van der Waals surface area contributed by atoms with E-state index in [4.69, 9.17) is 0 Å². The third-order valence-electron chi connectivity index (χ3n) is 4.10. The second kappa shape index (κ2) is 8.00. The molecule has 7 nitrogen and oxygen atoms in total. The van der Waals surface area contributed by atoms with Crippen molar-refractivity contribution in [2.45, 2.75) is 18.8 Å². The van der Waals surface area contributed by atoms with E-state index in [-0.39, 0.29) is 36.3 Å². The monoisotopic (exact) mass is 375 g/mol. The summed E-state index contributed by atoms with van der Waals surface area (Å²) in [4.78, 5) is 31.1. The van der Waals surface area contributed by atoms with E-state index in [0.29, 0.717) is 35.6 Å². The van der Waals surface area contributed by atoms with Gasteiger partial charge in [0.15, 0.2) is 5.65 Å². The molecular weight excluding hydrogens is 353 g/mol. The number of aromatic nitrogens is 3. The highest BCUT2D eigenvalue weighted by Gasteiger charge is 2.29. The molecular formula is C15H23Cl2N5O2. The molecule has 0 bridgehead atoms. The standard InChI is InChI=1S/C15H21N5O2.2ClH/c1-16-6-7-19(2)15(22)10-8-11(9-4-5-9)17-13-12(10)14(21)18-20(13)3;;/h8-9,16H,4-7H2,1-3H3,(H,18,21);2*1H. The highest BCUT2D eigenvalue weighted by Crippen LogP contribution is 2.40. The van der Waals surface area contributed by atoms with Crippen molar-refractivity contribution < 1.29 is 4.79 Å². The molecule has 0 spiro atoms. The van der Waals surface area contributed by atoms with Gasteiger partial charge >= 0.3 is 0 Å². The summed E-state index contributed by atoms with van der Waals surface area (Å²) in [5.41, 5.74) is 1.65. The number of rotatable bonds is 5. The number of aryl methyl sites for hydroxylation is 1. The van der Waals surface area contributed by atoms with Crippen molar-refractivity contribution in [1.82, 2.24) is 25.0 Å². The lowest BCUT2D eigenvalue weighted by atomic mass is 10.1. The SMILES string of the molecule is CNCCN(C)C(=O)c1cc(C2CC2)nc2c1c(=O)[nH]n2C.Cl.Cl. The van der Waals surface area contributed by atoms with E-state index < -0.39 is 0 Å². The largest absolute Gasteiger partial charge is 0.340 e. The molecule has 1 amide bonds. The number of aromatic amines is 1. The lowest BCUT2D eigenvalue weighted by Gasteiger charge is -2.17. The Morgan fingerprint density at radius 3 is 2.71 bits per heavy atom. The summed E-state index contributed by atoms with van der Waals surface area (Å²) in [5.74, 6) is 0.282. The number of hydrogen-bond donors (Lipinski definition) is 2. The zero-order valence-corrected chi connectivity index (χ0v) is 15.6. The number of halogens is 2. The van der Waals surface area contributed by atoms with E-state index in [1.165, 1.54) is 0 Å². The first-order chi connectivity index (χ1) is 10.5. The van der Waals surface area contributed by atoms with Gasteiger partial charge in [0.2, 0.25) is 0 Å². The van der Waals surface area contributed by atoms with Gasteiger partial charge in [-0.3, -0.25) is 19.4 Å². The first-order valence-electron chi connectivity index (χ1n) is 7.52. The number of nitrogens with zero attached hydrogens (tertiary/aromatic N) is 3. The van der Waals surface area contributed by atoms with E-state index in [9.17, 15) is 9.59 Å². The zero-order valence-electron chi connectivity index (χ0n) is 14.0. The second-order valence-corrected chi connectivity index (χ2v) is 5.90. The van der Waals surface area contributed by atoms with Crippen LogP contribution in [0.15, 0.2) is 10.9 Å². The lowest BCUT2D eigenvalue weighted by Crippen LogP contribution is -2.33. The fourth-order valence-electron chi connectivity index (χ4n) is 2.62. The van der Waals surface area contributed by atoms with Crippen LogP contribution in [0.2, 0.25) is 0 Å². The van der Waals surface area contributed by atoms with E-state index >= 15 is 0 Å². The van der Waals surface area contributed by atoms with Gasteiger partial charge in [0.05, 0.1) is 10.9 Å². The summed E-state index contributed by atoms with van der Waals surface area (Å²) < 4.78 is 1.59. The average molecular weight is 376 g/mol. The molecule has 3 rings (SSSR count). The van der Waals surface area contributed by atoms with Crippen LogP contribution >= 0.6 is 24.8 Å². The molecule has 1 aliphatic carbocycles. The van der Waals surface area contributed by atoms with Crippen LogP contribution in [0.4, 0.5) is 0 Å². The summed E-state index contributed by atoms with van der Waals surface area (Å²) in [7, 11) is 5.34. The van der Waals surface area contributed by atoms with Gasteiger partial charge in [-0.15, -0.1) is 24.8 Å². The minimum Gasteiger partial charge on any atom is -0.340 e. The Kier molecular flexibility index (Phi) is 6.83.